The summed E-state index contributed by atoms with van der Waals surface area (Å²) >= 11 is 1.53. The lowest BCUT2D eigenvalue weighted by molar-refractivity contribution is -0.121. The minimum Gasteiger partial charge on any atom is -0.353 e. The Balaban J connectivity index is 1.54. The fourth-order valence-electron chi connectivity index (χ4n) is 3.08. The van der Waals surface area contributed by atoms with Gasteiger partial charge in [-0.05, 0) is 12.8 Å². The van der Waals surface area contributed by atoms with Crippen molar-refractivity contribution >= 4 is 22.2 Å². The Kier molecular flexibility index (Phi) is 5.25. The molecule has 1 saturated carbocycles. The average molecular weight is 335 g/mol. The minimum absolute atomic E-state index is 0.145. The predicted octanol–water partition coefficient (Wildman–Crippen LogP) is 3.08. The quantitative estimate of drug-likeness (QED) is 0.852. The van der Waals surface area contributed by atoms with Gasteiger partial charge in [0.15, 0.2) is 5.82 Å². The molecule has 2 heterocycles. The first-order chi connectivity index (χ1) is 11.1. The topological polar surface area (TPSA) is 72.2 Å². The first-order valence-corrected chi connectivity index (χ1v) is 9.45. The Hall–Kier alpha value is -1.50. The van der Waals surface area contributed by atoms with E-state index in [1.165, 1.54) is 37.0 Å². The van der Waals surface area contributed by atoms with Crippen LogP contribution in [-0.4, -0.2) is 31.8 Å². The number of aryl methyl sites for hydroxylation is 1. The molecule has 0 bridgehead atoms. The fraction of sp³-hybridized carbons (Fsp3) is 0.750. The van der Waals surface area contributed by atoms with E-state index < -0.39 is 0 Å². The number of hydrogen-bond acceptors (Lipinski definition) is 5. The number of fused-ring (bicyclic) bond motifs is 1. The molecule has 0 radical (unpaired) electrons. The van der Waals surface area contributed by atoms with Crippen LogP contribution in [0.1, 0.15) is 75.5 Å². The molecule has 0 aliphatic heterocycles. The molecule has 6 nitrogen and oxygen atoms in total. The Morgan fingerprint density at radius 1 is 1.26 bits per heavy atom. The molecular formula is C16H25N5OS. The molecule has 7 heteroatoms. The van der Waals surface area contributed by atoms with Gasteiger partial charge in [0.1, 0.15) is 5.01 Å². The van der Waals surface area contributed by atoms with Gasteiger partial charge in [0.25, 0.3) is 0 Å². The largest absolute Gasteiger partial charge is 0.353 e. The normalized spacial score (nSPS) is 16.8. The molecule has 1 aliphatic carbocycles. The monoisotopic (exact) mass is 335 g/mol. The van der Waals surface area contributed by atoms with Crippen LogP contribution in [-0.2, 0) is 11.2 Å². The van der Waals surface area contributed by atoms with Crippen LogP contribution in [0.3, 0.4) is 0 Å². The van der Waals surface area contributed by atoms with Crippen LogP contribution < -0.4 is 5.32 Å². The zero-order chi connectivity index (χ0) is 16.2. The minimum atomic E-state index is 0.145. The Morgan fingerprint density at radius 2 is 2.00 bits per heavy atom. The van der Waals surface area contributed by atoms with Crippen molar-refractivity contribution in [1.82, 2.24) is 25.1 Å². The Labute approximate surface area is 140 Å². The van der Waals surface area contributed by atoms with Crippen molar-refractivity contribution in [1.29, 1.82) is 0 Å². The summed E-state index contributed by atoms with van der Waals surface area (Å²) in [4.78, 5) is 13.0. The summed E-state index contributed by atoms with van der Waals surface area (Å²) in [5.74, 6) is 1.32. The van der Waals surface area contributed by atoms with Crippen LogP contribution in [0.15, 0.2) is 0 Å². The van der Waals surface area contributed by atoms with Crippen molar-refractivity contribution in [2.45, 2.75) is 77.2 Å². The van der Waals surface area contributed by atoms with E-state index in [4.69, 9.17) is 0 Å². The second-order valence-electron chi connectivity index (χ2n) is 6.66. The van der Waals surface area contributed by atoms with Gasteiger partial charge in [-0.25, -0.2) is 0 Å². The summed E-state index contributed by atoms with van der Waals surface area (Å²) in [5.41, 5.74) is 0. The van der Waals surface area contributed by atoms with Gasteiger partial charge in [-0.1, -0.05) is 50.9 Å². The summed E-state index contributed by atoms with van der Waals surface area (Å²) in [6.45, 7) is 4.16. The molecule has 0 saturated heterocycles. The van der Waals surface area contributed by atoms with E-state index in [-0.39, 0.29) is 5.91 Å². The van der Waals surface area contributed by atoms with Crippen LogP contribution in [0.2, 0.25) is 0 Å². The van der Waals surface area contributed by atoms with Crippen molar-refractivity contribution in [3.05, 3.63) is 10.8 Å². The van der Waals surface area contributed by atoms with E-state index in [9.17, 15) is 4.79 Å². The van der Waals surface area contributed by atoms with Crippen molar-refractivity contribution in [2.75, 3.05) is 0 Å². The number of nitrogens with one attached hydrogen (secondary N) is 1. The zero-order valence-electron chi connectivity index (χ0n) is 13.9. The van der Waals surface area contributed by atoms with Crippen molar-refractivity contribution in [2.24, 2.45) is 0 Å². The summed E-state index contributed by atoms with van der Waals surface area (Å²) in [6.07, 6.45) is 8.50. The number of rotatable bonds is 5. The maximum Gasteiger partial charge on any atom is 0.234 e. The number of aromatic nitrogens is 4. The number of carbonyl (C=O) groups excluding carboxylic acids is 1. The first kappa shape index (κ1) is 16.4. The lowest BCUT2D eigenvalue weighted by Crippen LogP contribution is -2.34. The van der Waals surface area contributed by atoms with E-state index >= 15 is 0 Å². The molecule has 2 aromatic heterocycles. The second-order valence-corrected chi connectivity index (χ2v) is 7.70. The molecular weight excluding hydrogens is 310 g/mol. The average Bonchev–Trinajstić information content (AvgIpc) is 2.98. The van der Waals surface area contributed by atoms with Gasteiger partial charge in [0.2, 0.25) is 10.9 Å². The Bertz CT molecular complexity index is 655. The van der Waals surface area contributed by atoms with Crippen molar-refractivity contribution in [3.63, 3.8) is 0 Å². The third kappa shape index (κ3) is 4.07. The van der Waals surface area contributed by atoms with Crippen molar-refractivity contribution in [3.8, 4) is 0 Å². The Morgan fingerprint density at radius 3 is 2.70 bits per heavy atom. The molecule has 0 spiro atoms. The highest BCUT2D eigenvalue weighted by atomic mass is 32.1. The first-order valence-electron chi connectivity index (χ1n) is 8.64. The third-order valence-corrected chi connectivity index (χ3v) is 5.32. The van der Waals surface area contributed by atoms with E-state index in [0.29, 0.717) is 24.8 Å². The highest BCUT2D eigenvalue weighted by molar-refractivity contribution is 7.16. The summed E-state index contributed by atoms with van der Waals surface area (Å²) in [5, 5.41) is 17.0. The SMILES string of the molecule is CC(C)c1nnc2sc(CCC(=O)NC3CCCCCC3)nn12. The fourth-order valence-corrected chi connectivity index (χ4v) is 3.92. The number of nitrogens with zero attached hydrogens (tertiary/aromatic N) is 4. The molecule has 1 aliphatic rings. The number of hydrogen-bond donors (Lipinski definition) is 1. The molecule has 1 N–H and O–H groups in total. The van der Waals surface area contributed by atoms with Crippen LogP contribution in [0, 0.1) is 0 Å². The number of carbonyl (C=O) groups is 1. The number of amides is 1. The van der Waals surface area contributed by atoms with Gasteiger partial charge in [-0.2, -0.15) is 9.61 Å². The summed E-state index contributed by atoms with van der Waals surface area (Å²) < 4.78 is 1.81. The molecule has 0 unspecified atom stereocenters. The molecule has 0 aromatic carbocycles. The standard InChI is InChI=1S/C16H25N5OS/c1-11(2)15-18-19-16-21(15)20-14(23-16)10-9-13(22)17-12-7-5-3-4-6-8-12/h11-12H,3-10H2,1-2H3,(H,17,22). The van der Waals surface area contributed by atoms with Gasteiger partial charge in [-0.3, -0.25) is 4.79 Å². The van der Waals surface area contributed by atoms with Gasteiger partial charge >= 0.3 is 0 Å². The molecule has 3 rings (SSSR count). The van der Waals surface area contributed by atoms with Gasteiger partial charge < -0.3 is 5.32 Å². The molecule has 2 aromatic rings. The van der Waals surface area contributed by atoms with Gasteiger partial charge in [0, 0.05) is 24.8 Å². The smallest absolute Gasteiger partial charge is 0.234 e. The van der Waals surface area contributed by atoms with Crippen LogP contribution in [0.4, 0.5) is 0 Å². The maximum atomic E-state index is 12.2. The predicted molar refractivity (Wildman–Crippen MR) is 90.7 cm³/mol. The van der Waals surface area contributed by atoms with E-state index in [1.807, 2.05) is 4.52 Å². The van der Waals surface area contributed by atoms with E-state index in [1.54, 1.807) is 0 Å². The second kappa shape index (κ2) is 7.38. The molecule has 126 valence electrons. The van der Waals surface area contributed by atoms with Crippen LogP contribution in [0.25, 0.3) is 4.96 Å². The van der Waals surface area contributed by atoms with Gasteiger partial charge in [-0.15, -0.1) is 10.2 Å². The summed E-state index contributed by atoms with van der Waals surface area (Å²) in [6, 6.07) is 0.371. The molecule has 1 fully saturated rings. The molecule has 1 amide bonds. The van der Waals surface area contributed by atoms with Crippen molar-refractivity contribution < 1.29 is 4.79 Å². The highest BCUT2D eigenvalue weighted by Crippen LogP contribution is 2.20. The third-order valence-electron chi connectivity index (χ3n) is 4.36. The van der Waals surface area contributed by atoms with Gasteiger partial charge in [0.05, 0.1) is 0 Å². The highest BCUT2D eigenvalue weighted by Gasteiger charge is 2.17. The summed E-state index contributed by atoms with van der Waals surface area (Å²) in [7, 11) is 0. The van der Waals surface area contributed by atoms with E-state index in [0.717, 1.165) is 28.6 Å². The van der Waals surface area contributed by atoms with E-state index in [2.05, 4.69) is 34.5 Å². The maximum absolute atomic E-state index is 12.2. The molecule has 23 heavy (non-hydrogen) atoms. The lowest BCUT2D eigenvalue weighted by atomic mass is 10.1. The lowest BCUT2D eigenvalue weighted by Gasteiger charge is -2.15. The van der Waals surface area contributed by atoms with Crippen LogP contribution in [0.5, 0.6) is 0 Å². The van der Waals surface area contributed by atoms with Crippen LogP contribution >= 0.6 is 11.3 Å². The molecule has 0 atom stereocenters. The zero-order valence-corrected chi connectivity index (χ0v) is 14.7.